The normalized spacial score (nSPS) is 11.7. The van der Waals surface area contributed by atoms with Crippen LogP contribution in [0.2, 0.25) is 5.02 Å². The van der Waals surface area contributed by atoms with Gasteiger partial charge in [0.25, 0.3) is 0 Å². The molecule has 2 heterocycles. The van der Waals surface area contributed by atoms with Crippen LogP contribution in [-0.2, 0) is 11.2 Å². The highest BCUT2D eigenvalue weighted by Crippen LogP contribution is 2.29. The number of alkyl carbamates (subject to hydrolysis) is 1. The molecular formula is C14H17BrClN3O2. The largest absolute Gasteiger partial charge is 0.444 e. The van der Waals surface area contributed by atoms with E-state index in [1.54, 1.807) is 6.20 Å². The molecule has 0 fully saturated rings. The molecule has 0 aromatic carbocycles. The van der Waals surface area contributed by atoms with Crippen molar-refractivity contribution in [2.45, 2.75) is 32.8 Å². The molecule has 2 rings (SSSR count). The molecular weight excluding hydrogens is 358 g/mol. The number of rotatable bonds is 3. The van der Waals surface area contributed by atoms with Gasteiger partial charge < -0.3 is 15.0 Å². The zero-order valence-electron chi connectivity index (χ0n) is 12.1. The number of hydrogen-bond acceptors (Lipinski definition) is 3. The lowest BCUT2D eigenvalue weighted by Crippen LogP contribution is -2.33. The van der Waals surface area contributed by atoms with E-state index in [1.807, 2.05) is 26.8 Å². The maximum absolute atomic E-state index is 11.5. The second kappa shape index (κ2) is 6.23. The van der Waals surface area contributed by atoms with Gasteiger partial charge in [0.2, 0.25) is 0 Å². The van der Waals surface area contributed by atoms with Crippen LogP contribution in [-0.4, -0.2) is 28.2 Å². The number of aromatic nitrogens is 2. The molecule has 7 heteroatoms. The Morgan fingerprint density at radius 3 is 2.90 bits per heavy atom. The minimum Gasteiger partial charge on any atom is -0.444 e. The second-order valence-corrected chi connectivity index (χ2v) is 6.86. The van der Waals surface area contributed by atoms with Crippen molar-refractivity contribution in [3.05, 3.63) is 27.5 Å². The zero-order chi connectivity index (χ0) is 15.6. The average Bonchev–Trinajstić information content (AvgIpc) is 2.75. The fraction of sp³-hybridized carbons (Fsp3) is 0.429. The first-order chi connectivity index (χ1) is 9.76. The van der Waals surface area contributed by atoms with Crippen molar-refractivity contribution in [1.29, 1.82) is 0 Å². The second-order valence-electron chi connectivity index (χ2n) is 5.66. The molecule has 0 aliphatic rings. The number of carbonyl (C=O) groups excluding carboxylic acids is 1. The minimum atomic E-state index is -0.489. The number of carbonyl (C=O) groups is 1. The molecule has 0 atom stereocenters. The first-order valence-electron chi connectivity index (χ1n) is 6.55. The Balaban J connectivity index is 1.95. The van der Waals surface area contributed by atoms with Crippen molar-refractivity contribution in [3.63, 3.8) is 0 Å². The monoisotopic (exact) mass is 373 g/mol. The average molecular weight is 375 g/mol. The van der Waals surface area contributed by atoms with E-state index in [0.29, 0.717) is 18.0 Å². The van der Waals surface area contributed by atoms with Gasteiger partial charge in [-0.3, -0.25) is 0 Å². The minimum absolute atomic E-state index is 0.416. The van der Waals surface area contributed by atoms with Crippen molar-refractivity contribution in [2.24, 2.45) is 0 Å². The first kappa shape index (κ1) is 16.1. The predicted molar refractivity (Wildman–Crippen MR) is 86.7 cm³/mol. The Morgan fingerprint density at radius 1 is 1.52 bits per heavy atom. The predicted octanol–water partition coefficient (Wildman–Crippen LogP) is 4.05. The van der Waals surface area contributed by atoms with Gasteiger partial charge in [0.1, 0.15) is 11.2 Å². The van der Waals surface area contributed by atoms with Gasteiger partial charge in [0.15, 0.2) is 0 Å². The van der Waals surface area contributed by atoms with Gasteiger partial charge in [-0.15, -0.1) is 0 Å². The number of halogens is 2. The number of pyridine rings is 1. The topological polar surface area (TPSA) is 67.0 Å². The van der Waals surface area contributed by atoms with E-state index < -0.39 is 11.7 Å². The van der Waals surface area contributed by atoms with Crippen LogP contribution in [0.4, 0.5) is 4.79 Å². The third kappa shape index (κ3) is 4.35. The summed E-state index contributed by atoms with van der Waals surface area (Å²) >= 11 is 9.44. The molecule has 0 bridgehead atoms. The number of nitrogens with zero attached hydrogens (tertiary/aromatic N) is 1. The number of fused-ring (bicyclic) bond motifs is 1. The third-order valence-corrected chi connectivity index (χ3v) is 4.04. The molecule has 0 radical (unpaired) electrons. The third-order valence-electron chi connectivity index (χ3n) is 2.67. The Morgan fingerprint density at radius 2 is 2.24 bits per heavy atom. The maximum Gasteiger partial charge on any atom is 0.407 e. The van der Waals surface area contributed by atoms with Crippen LogP contribution in [0.5, 0.6) is 0 Å². The molecule has 0 aliphatic carbocycles. The summed E-state index contributed by atoms with van der Waals surface area (Å²) in [6.07, 6.45) is 1.83. The lowest BCUT2D eigenvalue weighted by molar-refractivity contribution is 0.0528. The molecule has 2 aromatic heterocycles. The maximum atomic E-state index is 11.5. The molecule has 1 amide bonds. The quantitative estimate of drug-likeness (QED) is 0.852. The molecule has 2 aromatic rings. The Bertz CT molecular complexity index is 664. The zero-order valence-corrected chi connectivity index (χ0v) is 14.4. The van der Waals surface area contributed by atoms with Crippen LogP contribution < -0.4 is 5.32 Å². The van der Waals surface area contributed by atoms with Crippen molar-refractivity contribution in [2.75, 3.05) is 6.54 Å². The van der Waals surface area contributed by atoms with E-state index in [9.17, 15) is 4.79 Å². The number of hydrogen-bond donors (Lipinski definition) is 2. The van der Waals surface area contributed by atoms with Crippen molar-refractivity contribution >= 4 is 44.7 Å². The van der Waals surface area contributed by atoms with Gasteiger partial charge >= 0.3 is 6.09 Å². The van der Waals surface area contributed by atoms with E-state index >= 15 is 0 Å². The summed E-state index contributed by atoms with van der Waals surface area (Å²) in [5.74, 6) is 0. The fourth-order valence-electron chi connectivity index (χ4n) is 1.82. The summed E-state index contributed by atoms with van der Waals surface area (Å²) < 4.78 is 5.99. The summed E-state index contributed by atoms with van der Waals surface area (Å²) in [7, 11) is 0. The van der Waals surface area contributed by atoms with Gasteiger partial charge in [-0.2, -0.15) is 0 Å². The molecule has 5 nitrogen and oxygen atoms in total. The lowest BCUT2D eigenvalue weighted by Gasteiger charge is -2.19. The van der Waals surface area contributed by atoms with E-state index in [4.69, 9.17) is 16.3 Å². The summed E-state index contributed by atoms with van der Waals surface area (Å²) in [6.45, 7) is 5.97. The van der Waals surface area contributed by atoms with Gasteiger partial charge in [0.05, 0.1) is 5.02 Å². The van der Waals surface area contributed by atoms with Gasteiger partial charge in [-0.05, 0) is 42.8 Å². The highest BCUT2D eigenvalue weighted by molar-refractivity contribution is 9.10. The number of ether oxygens (including phenoxy) is 1. The summed E-state index contributed by atoms with van der Waals surface area (Å²) in [5, 5.41) is 4.21. The van der Waals surface area contributed by atoms with E-state index in [1.165, 1.54) is 0 Å². The standard InChI is InChI=1S/C14H17BrClN3O2/c1-14(2,3)21-13(20)17-5-4-8-6-9-11(15)10(16)7-18-12(9)19-8/h6-7H,4-5H2,1-3H3,(H,17,20)(H,18,19). The van der Waals surface area contributed by atoms with Crippen LogP contribution in [0.1, 0.15) is 26.5 Å². The molecule has 21 heavy (non-hydrogen) atoms. The highest BCUT2D eigenvalue weighted by atomic mass is 79.9. The Labute approximate surface area is 136 Å². The Hall–Kier alpha value is -1.27. The number of nitrogens with one attached hydrogen (secondary N) is 2. The lowest BCUT2D eigenvalue weighted by atomic mass is 10.2. The van der Waals surface area contributed by atoms with Crippen molar-refractivity contribution < 1.29 is 9.53 Å². The van der Waals surface area contributed by atoms with Crippen LogP contribution in [0.3, 0.4) is 0 Å². The van der Waals surface area contributed by atoms with E-state index in [0.717, 1.165) is 21.2 Å². The van der Waals surface area contributed by atoms with Crippen molar-refractivity contribution in [3.8, 4) is 0 Å². The SMILES string of the molecule is CC(C)(C)OC(=O)NCCc1cc2c(Br)c(Cl)cnc2[nH]1. The molecule has 0 unspecified atom stereocenters. The number of amides is 1. The van der Waals surface area contributed by atoms with Crippen LogP contribution in [0, 0.1) is 0 Å². The van der Waals surface area contributed by atoms with Crippen LogP contribution in [0.25, 0.3) is 11.0 Å². The number of aromatic amines is 1. The molecule has 0 saturated carbocycles. The van der Waals surface area contributed by atoms with Crippen LogP contribution >= 0.6 is 27.5 Å². The van der Waals surface area contributed by atoms with Gasteiger partial charge in [0, 0.05) is 34.7 Å². The molecule has 0 saturated heterocycles. The summed E-state index contributed by atoms with van der Waals surface area (Å²) in [5.41, 5.74) is 1.24. The molecule has 0 spiro atoms. The smallest absolute Gasteiger partial charge is 0.407 e. The number of H-pyrrole nitrogens is 1. The van der Waals surface area contributed by atoms with Gasteiger partial charge in [-0.1, -0.05) is 11.6 Å². The summed E-state index contributed by atoms with van der Waals surface area (Å²) in [6, 6.07) is 1.97. The van der Waals surface area contributed by atoms with Crippen molar-refractivity contribution in [1.82, 2.24) is 15.3 Å². The molecule has 0 aliphatic heterocycles. The van der Waals surface area contributed by atoms with Crippen LogP contribution in [0.15, 0.2) is 16.7 Å². The molecule has 2 N–H and O–H groups in total. The highest BCUT2D eigenvalue weighted by Gasteiger charge is 2.15. The first-order valence-corrected chi connectivity index (χ1v) is 7.72. The van der Waals surface area contributed by atoms with E-state index in [-0.39, 0.29) is 0 Å². The summed E-state index contributed by atoms with van der Waals surface area (Å²) in [4.78, 5) is 19.0. The Kier molecular flexibility index (Phi) is 4.78. The van der Waals surface area contributed by atoms with Gasteiger partial charge in [-0.25, -0.2) is 9.78 Å². The molecule has 114 valence electrons. The van der Waals surface area contributed by atoms with E-state index in [2.05, 4.69) is 31.2 Å². The fourth-order valence-corrected chi connectivity index (χ4v) is 2.38.